The van der Waals surface area contributed by atoms with E-state index in [4.69, 9.17) is 4.74 Å². The number of anilines is 1. The third kappa shape index (κ3) is 4.55. The van der Waals surface area contributed by atoms with Crippen LogP contribution in [0, 0.1) is 5.82 Å². The number of ether oxygens (including phenoxy) is 1. The highest BCUT2D eigenvalue weighted by Crippen LogP contribution is 2.35. The fourth-order valence-electron chi connectivity index (χ4n) is 4.65. The lowest BCUT2D eigenvalue weighted by atomic mass is 10.0. The van der Waals surface area contributed by atoms with Crippen LogP contribution in [-0.2, 0) is 21.7 Å². The number of hydrogen-bond donors (Lipinski definition) is 3. The van der Waals surface area contributed by atoms with Crippen LogP contribution in [0.5, 0.6) is 5.75 Å². The van der Waals surface area contributed by atoms with E-state index < -0.39 is 41.2 Å². The quantitative estimate of drug-likeness (QED) is 0.410. The van der Waals surface area contributed by atoms with Crippen LogP contribution < -0.4 is 20.7 Å². The van der Waals surface area contributed by atoms with Crippen molar-refractivity contribution < 1.29 is 28.3 Å². The fourth-order valence-corrected chi connectivity index (χ4v) is 5.70. The van der Waals surface area contributed by atoms with Gasteiger partial charge in [0.25, 0.3) is 5.91 Å². The maximum absolute atomic E-state index is 15.4. The van der Waals surface area contributed by atoms with Gasteiger partial charge in [-0.2, -0.15) is 0 Å². The lowest BCUT2D eigenvalue weighted by Crippen LogP contribution is -2.52. The Morgan fingerprint density at radius 2 is 2.05 bits per heavy atom. The summed E-state index contributed by atoms with van der Waals surface area (Å²) in [5.74, 6) is -1.56. The van der Waals surface area contributed by atoms with Gasteiger partial charge in [0, 0.05) is 17.5 Å². The third-order valence-corrected chi connectivity index (χ3v) is 7.88. The number of hydrogen-bond acceptors (Lipinski definition) is 7. The Hall–Kier alpha value is -4.06. The summed E-state index contributed by atoms with van der Waals surface area (Å²) in [5.41, 5.74) is -0.0647. The number of fused-ring (bicyclic) bond motifs is 2. The van der Waals surface area contributed by atoms with Gasteiger partial charge in [0.2, 0.25) is 11.8 Å². The lowest BCUT2D eigenvalue weighted by molar-refractivity contribution is -0.136. The van der Waals surface area contributed by atoms with E-state index in [2.05, 4.69) is 20.9 Å². The van der Waals surface area contributed by atoms with Gasteiger partial charge in [0.05, 0.1) is 29.1 Å². The van der Waals surface area contributed by atoms with E-state index in [0.717, 1.165) is 4.70 Å². The minimum absolute atomic E-state index is 0.0892. The van der Waals surface area contributed by atoms with Crippen molar-refractivity contribution >= 4 is 51.0 Å². The van der Waals surface area contributed by atoms with E-state index in [0.29, 0.717) is 22.9 Å². The number of rotatable bonds is 6. The second kappa shape index (κ2) is 9.67. The maximum atomic E-state index is 15.4. The lowest BCUT2D eigenvalue weighted by Gasteiger charge is -2.29. The molecule has 38 heavy (non-hydrogen) atoms. The van der Waals surface area contributed by atoms with Crippen LogP contribution in [0.3, 0.4) is 0 Å². The van der Waals surface area contributed by atoms with Crippen molar-refractivity contribution in [2.45, 2.75) is 51.7 Å². The minimum atomic E-state index is -0.886. The van der Waals surface area contributed by atoms with Crippen molar-refractivity contribution in [3.8, 4) is 5.75 Å². The Kier molecular flexibility index (Phi) is 6.51. The zero-order valence-corrected chi connectivity index (χ0v) is 21.8. The molecule has 1 saturated heterocycles. The van der Waals surface area contributed by atoms with E-state index in [1.54, 1.807) is 13.8 Å². The zero-order chi connectivity index (χ0) is 27.2. The van der Waals surface area contributed by atoms with Gasteiger partial charge in [-0.1, -0.05) is 6.07 Å². The van der Waals surface area contributed by atoms with Gasteiger partial charge >= 0.3 is 6.03 Å². The molecule has 2 aromatic carbocycles. The summed E-state index contributed by atoms with van der Waals surface area (Å²) in [6.07, 6.45) is 0.274. The number of amides is 5. The molecule has 0 spiro atoms. The minimum Gasteiger partial charge on any atom is -0.492 e. The first-order valence-corrected chi connectivity index (χ1v) is 13.0. The first kappa shape index (κ1) is 25.6. The Morgan fingerprint density at radius 3 is 2.79 bits per heavy atom. The highest BCUT2D eigenvalue weighted by molar-refractivity contribution is 7.18. The summed E-state index contributed by atoms with van der Waals surface area (Å²) < 4.78 is 22.0. The van der Waals surface area contributed by atoms with Gasteiger partial charge in [0.1, 0.15) is 22.3 Å². The number of nitrogens with one attached hydrogen (secondary N) is 3. The van der Waals surface area contributed by atoms with Crippen molar-refractivity contribution in [3.63, 3.8) is 0 Å². The Bertz CT molecular complexity index is 1490. The fraction of sp³-hybridized carbons (Fsp3) is 0.346. The zero-order valence-electron chi connectivity index (χ0n) is 21.0. The average molecular weight is 540 g/mol. The number of piperidine rings is 1. The van der Waals surface area contributed by atoms with Gasteiger partial charge in [-0.15, -0.1) is 11.3 Å². The van der Waals surface area contributed by atoms with Gasteiger partial charge in [-0.05, 0) is 51.5 Å². The van der Waals surface area contributed by atoms with Crippen LogP contribution in [0.2, 0.25) is 0 Å². The number of imide groups is 1. The molecule has 0 radical (unpaired) electrons. The number of para-hydroxylation sites is 1. The highest BCUT2D eigenvalue weighted by atomic mass is 32.1. The molecular weight excluding hydrogens is 513 g/mol. The number of benzene rings is 2. The van der Waals surface area contributed by atoms with E-state index in [9.17, 15) is 19.2 Å². The molecule has 5 amide bonds. The van der Waals surface area contributed by atoms with Crippen molar-refractivity contribution in [2.24, 2.45) is 0 Å². The largest absolute Gasteiger partial charge is 0.492 e. The molecular formula is C26H26FN5O5S. The topological polar surface area (TPSA) is 130 Å². The first-order valence-electron chi connectivity index (χ1n) is 12.2. The van der Waals surface area contributed by atoms with Crippen molar-refractivity contribution in [2.75, 3.05) is 11.9 Å². The molecule has 10 nitrogen and oxygen atoms in total. The normalized spacial score (nSPS) is 17.4. The molecule has 1 atom stereocenters. The molecule has 3 heterocycles. The molecule has 1 fully saturated rings. The number of halogens is 1. The monoisotopic (exact) mass is 539 g/mol. The Labute approximate surface area is 221 Å². The van der Waals surface area contributed by atoms with Crippen molar-refractivity contribution in [1.82, 2.24) is 20.5 Å². The SMILES string of the molecule is CCOc1cccc2sc(C(C)(C)NC(=O)Nc3ccc4c(c3F)CN(C3CCC(=O)NC3=O)C4=O)nc12. The standard InChI is InChI=1S/C26H26FN5O5S/c1-4-37-17-6-5-7-18-21(17)30-24(38-18)26(2,3)31-25(36)28-15-9-8-13-14(20(15)27)12-32(23(13)35)16-10-11-19(33)29-22(16)34/h5-9,16H,4,10-12H2,1-3H3,(H2,28,31,36)(H,29,33,34). The van der Waals surface area contributed by atoms with Crippen LogP contribution in [0.4, 0.5) is 14.9 Å². The van der Waals surface area contributed by atoms with Gasteiger partial charge < -0.3 is 20.3 Å². The third-order valence-electron chi connectivity index (χ3n) is 6.54. The molecule has 0 aliphatic carbocycles. The predicted octanol–water partition coefficient (Wildman–Crippen LogP) is 3.65. The van der Waals surface area contributed by atoms with Gasteiger partial charge in [-0.3, -0.25) is 19.7 Å². The van der Waals surface area contributed by atoms with Gasteiger partial charge in [0.15, 0.2) is 5.82 Å². The molecule has 12 heteroatoms. The number of thiazole rings is 1. The molecule has 3 aromatic rings. The van der Waals surface area contributed by atoms with E-state index in [1.807, 2.05) is 25.1 Å². The smallest absolute Gasteiger partial charge is 0.320 e. The second-order valence-corrected chi connectivity index (χ2v) is 10.6. The summed E-state index contributed by atoms with van der Waals surface area (Å²) in [6.45, 7) is 5.84. The Morgan fingerprint density at radius 1 is 1.26 bits per heavy atom. The van der Waals surface area contributed by atoms with E-state index in [1.165, 1.54) is 28.4 Å². The molecule has 5 rings (SSSR count). The maximum Gasteiger partial charge on any atom is 0.320 e. The predicted molar refractivity (Wildman–Crippen MR) is 138 cm³/mol. The first-order chi connectivity index (χ1) is 18.1. The molecule has 0 saturated carbocycles. The number of aromatic nitrogens is 1. The van der Waals surface area contributed by atoms with Crippen LogP contribution >= 0.6 is 11.3 Å². The molecule has 3 N–H and O–H groups in total. The molecule has 0 bridgehead atoms. The highest BCUT2D eigenvalue weighted by Gasteiger charge is 2.40. The van der Waals surface area contributed by atoms with Crippen LogP contribution in [-0.4, -0.2) is 46.3 Å². The number of nitrogens with zero attached hydrogens (tertiary/aromatic N) is 2. The summed E-state index contributed by atoms with van der Waals surface area (Å²) in [6, 6.07) is 6.88. The van der Waals surface area contributed by atoms with E-state index in [-0.39, 0.29) is 36.2 Å². The summed E-state index contributed by atoms with van der Waals surface area (Å²) in [4.78, 5) is 55.4. The molecule has 1 unspecified atom stereocenters. The summed E-state index contributed by atoms with van der Waals surface area (Å²) in [5, 5.41) is 8.23. The van der Waals surface area contributed by atoms with Gasteiger partial charge in [-0.25, -0.2) is 14.2 Å². The molecule has 2 aliphatic rings. The average Bonchev–Trinajstić information content (AvgIpc) is 3.44. The van der Waals surface area contributed by atoms with Crippen LogP contribution in [0.1, 0.15) is 54.5 Å². The van der Waals surface area contributed by atoms with E-state index >= 15 is 4.39 Å². The number of carbonyl (C=O) groups is 4. The second-order valence-electron chi connectivity index (χ2n) is 9.61. The summed E-state index contributed by atoms with van der Waals surface area (Å²) in [7, 11) is 0. The molecule has 1 aromatic heterocycles. The number of urea groups is 1. The van der Waals surface area contributed by atoms with Crippen molar-refractivity contribution in [3.05, 3.63) is 52.3 Å². The molecule has 2 aliphatic heterocycles. The van der Waals surface area contributed by atoms with Crippen LogP contribution in [0.15, 0.2) is 30.3 Å². The number of carbonyl (C=O) groups excluding carboxylic acids is 4. The van der Waals surface area contributed by atoms with Crippen molar-refractivity contribution in [1.29, 1.82) is 0 Å². The summed E-state index contributed by atoms with van der Waals surface area (Å²) >= 11 is 1.42. The Balaban J connectivity index is 1.31. The van der Waals surface area contributed by atoms with Crippen LogP contribution in [0.25, 0.3) is 10.2 Å². The molecule has 198 valence electrons.